The lowest BCUT2D eigenvalue weighted by atomic mass is 10.1. The second kappa shape index (κ2) is 11.0. The standard InChI is InChI=1S/C29H33N5O2.ClH/c1-2-16-33-28-25(31-26(32-28)22-10-6-7-11-22)27-30-23(18-34(27)29(33)35)17-20-12-14-24(15-13-20)36-19-21-8-4-3-5-9-21;/h3-5,8-9,12-15,22-23H,2,6-7,10-11,16-19H2,1H3,(H,31,32);1H/t23-;/m1./s1. The van der Waals surface area contributed by atoms with E-state index in [2.05, 4.69) is 36.2 Å². The molecule has 2 aliphatic heterocycles. The van der Waals surface area contributed by atoms with E-state index in [1.54, 1.807) is 0 Å². The number of imidazole rings is 1. The molecule has 0 radical (unpaired) electrons. The molecule has 1 atom stereocenters. The zero-order valence-electron chi connectivity index (χ0n) is 21.2. The molecule has 194 valence electrons. The Balaban J connectivity index is 0.00000280. The highest BCUT2D eigenvalue weighted by Gasteiger charge is 2.42. The molecule has 0 saturated heterocycles. The molecular formula is C29H34ClN5O2. The fourth-order valence-electron chi connectivity index (χ4n) is 5.58. The normalized spacial score (nSPS) is 18.9. The molecule has 0 unspecified atom stereocenters. The number of amides is 2. The number of aromatic amines is 1. The van der Waals surface area contributed by atoms with Gasteiger partial charge in [-0.05, 0) is 48.9 Å². The van der Waals surface area contributed by atoms with Gasteiger partial charge in [0.05, 0.1) is 12.6 Å². The van der Waals surface area contributed by atoms with Gasteiger partial charge in [0, 0.05) is 12.5 Å². The molecule has 8 heteroatoms. The summed E-state index contributed by atoms with van der Waals surface area (Å²) in [7, 11) is 0. The number of halogens is 1. The van der Waals surface area contributed by atoms with E-state index in [9.17, 15) is 4.79 Å². The number of amidine groups is 1. The third kappa shape index (κ3) is 5.10. The molecule has 0 bridgehead atoms. The predicted molar refractivity (Wildman–Crippen MR) is 148 cm³/mol. The number of aliphatic imine (C=N–C) groups is 1. The van der Waals surface area contributed by atoms with Gasteiger partial charge in [-0.15, -0.1) is 12.4 Å². The molecule has 3 aromatic rings. The highest BCUT2D eigenvalue weighted by molar-refractivity contribution is 6.18. The van der Waals surface area contributed by atoms with E-state index in [1.807, 2.05) is 40.1 Å². The van der Waals surface area contributed by atoms with Crippen molar-refractivity contribution in [1.82, 2.24) is 14.9 Å². The quantitative estimate of drug-likeness (QED) is 0.391. The molecule has 6 rings (SSSR count). The fraction of sp³-hybridized carbons (Fsp3) is 0.414. The number of nitrogens with zero attached hydrogens (tertiary/aromatic N) is 4. The number of hydrogen-bond donors (Lipinski definition) is 1. The van der Waals surface area contributed by atoms with Crippen LogP contribution in [-0.2, 0) is 13.0 Å². The highest BCUT2D eigenvalue weighted by Crippen LogP contribution is 2.37. The minimum absolute atomic E-state index is 0. The molecule has 37 heavy (non-hydrogen) atoms. The van der Waals surface area contributed by atoms with Crippen molar-refractivity contribution in [2.24, 2.45) is 4.99 Å². The van der Waals surface area contributed by atoms with Crippen molar-refractivity contribution in [3.63, 3.8) is 0 Å². The lowest BCUT2D eigenvalue weighted by Gasteiger charge is -2.32. The Kier molecular flexibility index (Phi) is 7.51. The van der Waals surface area contributed by atoms with Crippen LogP contribution in [0.5, 0.6) is 5.75 Å². The average Bonchev–Trinajstić information content (AvgIpc) is 3.66. The van der Waals surface area contributed by atoms with Gasteiger partial charge in [-0.2, -0.15) is 0 Å². The number of nitrogens with one attached hydrogen (secondary N) is 1. The smallest absolute Gasteiger partial charge is 0.331 e. The summed E-state index contributed by atoms with van der Waals surface area (Å²) in [6.07, 6.45) is 6.49. The number of urea groups is 1. The first-order valence-corrected chi connectivity index (χ1v) is 13.2. The van der Waals surface area contributed by atoms with Crippen LogP contribution in [0.15, 0.2) is 59.6 Å². The van der Waals surface area contributed by atoms with E-state index < -0.39 is 0 Å². The number of benzene rings is 2. The summed E-state index contributed by atoms with van der Waals surface area (Å²) >= 11 is 0. The zero-order chi connectivity index (χ0) is 24.5. The van der Waals surface area contributed by atoms with Crippen molar-refractivity contribution in [2.75, 3.05) is 18.0 Å². The summed E-state index contributed by atoms with van der Waals surface area (Å²) in [5.41, 5.74) is 3.25. The van der Waals surface area contributed by atoms with E-state index in [-0.39, 0.29) is 24.5 Å². The second-order valence-corrected chi connectivity index (χ2v) is 10.1. The molecule has 0 spiro atoms. The molecule has 1 N–H and O–H groups in total. The maximum absolute atomic E-state index is 13.4. The van der Waals surface area contributed by atoms with Gasteiger partial charge >= 0.3 is 6.03 Å². The number of aromatic nitrogens is 2. The molecule has 3 aliphatic rings. The second-order valence-electron chi connectivity index (χ2n) is 10.1. The van der Waals surface area contributed by atoms with Crippen molar-refractivity contribution >= 4 is 30.1 Å². The molecule has 7 nitrogen and oxygen atoms in total. The van der Waals surface area contributed by atoms with Gasteiger partial charge in [0.25, 0.3) is 0 Å². The van der Waals surface area contributed by atoms with Crippen LogP contribution in [0.25, 0.3) is 0 Å². The van der Waals surface area contributed by atoms with Gasteiger partial charge in [-0.25, -0.2) is 9.78 Å². The van der Waals surface area contributed by atoms with Crippen LogP contribution >= 0.6 is 12.4 Å². The largest absolute Gasteiger partial charge is 0.489 e. The van der Waals surface area contributed by atoms with E-state index in [0.29, 0.717) is 25.6 Å². The summed E-state index contributed by atoms with van der Waals surface area (Å²) in [5.74, 6) is 3.85. The van der Waals surface area contributed by atoms with Crippen molar-refractivity contribution in [3.8, 4) is 5.75 Å². The molecule has 3 heterocycles. The first-order valence-electron chi connectivity index (χ1n) is 13.2. The van der Waals surface area contributed by atoms with E-state index >= 15 is 0 Å². The van der Waals surface area contributed by atoms with Crippen LogP contribution in [0.4, 0.5) is 10.6 Å². The topological polar surface area (TPSA) is 73.8 Å². The van der Waals surface area contributed by atoms with Crippen LogP contribution in [0, 0.1) is 0 Å². The van der Waals surface area contributed by atoms with E-state index in [4.69, 9.17) is 14.7 Å². The Morgan fingerprint density at radius 1 is 1.03 bits per heavy atom. The number of fused-ring (bicyclic) bond motifs is 3. The third-order valence-corrected chi connectivity index (χ3v) is 7.43. The molecule has 2 amide bonds. The number of hydrogen-bond acceptors (Lipinski definition) is 4. The Bertz CT molecular complexity index is 1250. The summed E-state index contributed by atoms with van der Waals surface area (Å²) in [6.45, 7) is 3.91. The predicted octanol–water partition coefficient (Wildman–Crippen LogP) is 6.09. The Labute approximate surface area is 224 Å². The summed E-state index contributed by atoms with van der Waals surface area (Å²) in [5, 5.41) is 0. The van der Waals surface area contributed by atoms with Crippen LogP contribution in [0.3, 0.4) is 0 Å². The highest BCUT2D eigenvalue weighted by atomic mass is 35.5. The SMILES string of the molecule is CCCN1C(=O)N2C[C@@H](Cc3ccc(OCc4ccccc4)cc3)N=C2c2[nH]c(C3CCCC3)nc21.Cl. The fourth-order valence-corrected chi connectivity index (χ4v) is 5.58. The van der Waals surface area contributed by atoms with Gasteiger partial charge < -0.3 is 9.72 Å². The molecule has 1 aliphatic carbocycles. The van der Waals surface area contributed by atoms with Crippen LogP contribution in [0.1, 0.15) is 67.6 Å². The maximum Gasteiger partial charge on any atom is 0.331 e. The first-order chi connectivity index (χ1) is 17.7. The molecular weight excluding hydrogens is 486 g/mol. The number of rotatable bonds is 8. The number of anilines is 1. The Morgan fingerprint density at radius 2 is 1.78 bits per heavy atom. The number of carbonyl (C=O) groups is 1. The molecule has 2 aromatic carbocycles. The lowest BCUT2D eigenvalue weighted by molar-refractivity contribution is 0.226. The monoisotopic (exact) mass is 519 g/mol. The molecule has 1 fully saturated rings. The Hall–Kier alpha value is -3.32. The van der Waals surface area contributed by atoms with Crippen LogP contribution in [-0.4, -0.2) is 45.9 Å². The number of H-pyrrole nitrogens is 1. The summed E-state index contributed by atoms with van der Waals surface area (Å²) in [6, 6.07) is 18.4. The van der Waals surface area contributed by atoms with Gasteiger partial charge in [-0.1, -0.05) is 62.2 Å². The minimum atomic E-state index is -0.000248. The number of ether oxygens (including phenoxy) is 1. The summed E-state index contributed by atoms with van der Waals surface area (Å²) < 4.78 is 5.93. The lowest BCUT2D eigenvalue weighted by Crippen LogP contribution is -2.50. The van der Waals surface area contributed by atoms with Crippen molar-refractivity contribution in [1.29, 1.82) is 0 Å². The minimum Gasteiger partial charge on any atom is -0.489 e. The molecule has 1 aromatic heterocycles. The first kappa shape index (κ1) is 25.3. The van der Waals surface area contributed by atoms with Crippen molar-refractivity contribution < 1.29 is 9.53 Å². The Morgan fingerprint density at radius 3 is 2.51 bits per heavy atom. The zero-order valence-corrected chi connectivity index (χ0v) is 22.0. The van der Waals surface area contributed by atoms with Crippen molar-refractivity contribution in [3.05, 3.63) is 77.2 Å². The van der Waals surface area contributed by atoms with Gasteiger partial charge in [0.1, 0.15) is 23.9 Å². The average molecular weight is 520 g/mol. The third-order valence-electron chi connectivity index (χ3n) is 7.43. The van der Waals surface area contributed by atoms with Gasteiger partial charge in [0.15, 0.2) is 11.7 Å². The molecule has 1 saturated carbocycles. The van der Waals surface area contributed by atoms with Gasteiger partial charge in [-0.3, -0.25) is 14.8 Å². The van der Waals surface area contributed by atoms with Crippen molar-refractivity contribution in [2.45, 2.75) is 64.0 Å². The summed E-state index contributed by atoms with van der Waals surface area (Å²) in [4.78, 5) is 30.6. The van der Waals surface area contributed by atoms with Gasteiger partial charge in [0.2, 0.25) is 0 Å². The number of carbonyl (C=O) groups excluding carboxylic acids is 1. The van der Waals surface area contributed by atoms with Crippen LogP contribution in [0.2, 0.25) is 0 Å². The maximum atomic E-state index is 13.4. The van der Waals surface area contributed by atoms with Crippen LogP contribution < -0.4 is 9.64 Å². The van der Waals surface area contributed by atoms with E-state index in [1.165, 1.54) is 18.4 Å². The van der Waals surface area contributed by atoms with E-state index in [0.717, 1.165) is 60.2 Å².